The highest BCUT2D eigenvalue weighted by molar-refractivity contribution is 7.80. The molecule has 1 aromatic carbocycles. The van der Waals surface area contributed by atoms with Crippen LogP contribution in [-0.2, 0) is 51.7 Å². The van der Waals surface area contributed by atoms with Gasteiger partial charge in [-0.25, -0.2) is 9.78 Å². The largest absolute Gasteiger partial charge is 0.489 e. The van der Waals surface area contributed by atoms with E-state index in [-0.39, 0.29) is 16.9 Å². The summed E-state index contributed by atoms with van der Waals surface area (Å²) in [6.07, 6.45) is 3.26. The normalized spacial score (nSPS) is 19.2. The Hall–Kier alpha value is -4.67. The number of β-lactam (4-membered cyclic amide) rings is 1. The number of anilines is 1. The Balaban J connectivity index is 1.21. The maximum Gasteiger partial charge on any atom is 0.418 e. The van der Waals surface area contributed by atoms with E-state index in [2.05, 4.69) is 29.1 Å². The Bertz CT molecular complexity index is 1820. The van der Waals surface area contributed by atoms with Gasteiger partial charge in [0.2, 0.25) is 6.20 Å². The van der Waals surface area contributed by atoms with E-state index in [1.165, 1.54) is 19.2 Å². The van der Waals surface area contributed by atoms with E-state index in [1.54, 1.807) is 12.1 Å². The van der Waals surface area contributed by atoms with Gasteiger partial charge in [-0.1, -0.05) is 17.3 Å². The van der Waals surface area contributed by atoms with Gasteiger partial charge in [0, 0.05) is 12.0 Å². The number of hydroxylamine groups is 2. The number of benzene rings is 1. The summed E-state index contributed by atoms with van der Waals surface area (Å²) < 4.78 is 51.1. The van der Waals surface area contributed by atoms with Crippen molar-refractivity contribution in [1.82, 2.24) is 20.0 Å². The number of nitrogens with two attached hydrogens (primary N) is 2. The van der Waals surface area contributed by atoms with Crippen LogP contribution >= 0.6 is 11.3 Å². The van der Waals surface area contributed by atoms with Crippen LogP contribution in [0.4, 0.5) is 5.13 Å². The van der Waals surface area contributed by atoms with Crippen molar-refractivity contribution in [3.05, 3.63) is 47.7 Å². The molecule has 1 fully saturated rings. The zero-order valence-electron chi connectivity index (χ0n) is 26.3. The molecule has 3 aromatic rings. The summed E-state index contributed by atoms with van der Waals surface area (Å²) in [5.41, 5.74) is 11.1. The van der Waals surface area contributed by atoms with E-state index in [0.29, 0.717) is 24.0 Å². The third kappa shape index (κ3) is 8.32. The number of hydrogen-bond donors (Lipinski definition) is 5. The molecule has 0 saturated carbocycles. The molecule has 0 radical (unpaired) electrons. The Labute approximate surface area is 283 Å². The number of carbonyl (C=O) groups is 3. The fourth-order valence-electron chi connectivity index (χ4n) is 5.08. The minimum Gasteiger partial charge on any atom is -0.489 e. The third-order valence-corrected chi connectivity index (χ3v) is 8.64. The van der Waals surface area contributed by atoms with Gasteiger partial charge in [-0.3, -0.25) is 14.1 Å². The number of carboxylic acids is 1. The van der Waals surface area contributed by atoms with Crippen LogP contribution in [0.25, 0.3) is 11.1 Å². The number of oxime groups is 1. The van der Waals surface area contributed by atoms with Crippen LogP contribution in [0.5, 0.6) is 5.75 Å². The number of amides is 2. The van der Waals surface area contributed by atoms with Crippen LogP contribution in [-0.4, -0.2) is 99.8 Å². The summed E-state index contributed by atoms with van der Waals surface area (Å²) in [5, 5.41) is 17.7. The molecule has 2 amide bonds. The van der Waals surface area contributed by atoms with Crippen molar-refractivity contribution in [2.75, 3.05) is 25.5 Å². The van der Waals surface area contributed by atoms with Crippen molar-refractivity contribution < 1.29 is 55.7 Å². The summed E-state index contributed by atoms with van der Waals surface area (Å²) >= 11 is 0.961. The van der Waals surface area contributed by atoms with Crippen LogP contribution in [0.15, 0.2) is 47.2 Å². The zero-order valence-corrected chi connectivity index (χ0v) is 27.9. The number of rotatable bonds is 16. The highest BCUT2D eigenvalue weighted by Crippen LogP contribution is 2.33. The molecular formula is C28H35N8O11S2+. The quantitative estimate of drug-likeness (QED) is 0.0306. The average molecular weight is 724 g/mol. The standard InChI is InChI=1S/C28H34N8O11S2/c1-28(2)23(25(38)36(28)47-49(41,42)43)32-24(37)22(20-15-48-27(30)31-20)33-46-21(26(39)40)14-45-18-6-4-16(5-7-18)17-10-34-12-19(13-35(34)11-17)44-9-3-8-29/h4-7,10-11,15,19,21,23H,3,8-9,12-14,29H2,1-2H3,(H4-,30,31,32,37,39,40,41,42,43)/p+1/b33-22-/t21-,23+/m0/s1. The van der Waals surface area contributed by atoms with Crippen LogP contribution in [0, 0.1) is 0 Å². The highest BCUT2D eigenvalue weighted by atomic mass is 32.3. The van der Waals surface area contributed by atoms with Crippen molar-refractivity contribution in [3.8, 4) is 16.9 Å². The maximum atomic E-state index is 13.2. The molecule has 0 spiro atoms. The lowest BCUT2D eigenvalue weighted by Crippen LogP contribution is -2.76. The molecular weight excluding hydrogens is 688 g/mol. The van der Waals surface area contributed by atoms with Gasteiger partial charge < -0.3 is 36.2 Å². The molecule has 4 heterocycles. The van der Waals surface area contributed by atoms with Gasteiger partial charge in [0.15, 0.2) is 17.4 Å². The molecule has 5 rings (SSSR count). The Morgan fingerprint density at radius 2 is 2.00 bits per heavy atom. The smallest absolute Gasteiger partial charge is 0.418 e. The van der Waals surface area contributed by atoms with E-state index >= 15 is 0 Å². The molecule has 2 atom stereocenters. The molecule has 0 aliphatic carbocycles. The van der Waals surface area contributed by atoms with E-state index in [9.17, 15) is 27.9 Å². The number of ether oxygens (including phenoxy) is 2. The van der Waals surface area contributed by atoms with E-state index in [0.717, 1.165) is 42.0 Å². The van der Waals surface area contributed by atoms with Crippen LogP contribution < -0.4 is 26.2 Å². The molecule has 2 aliphatic rings. The molecule has 49 heavy (non-hydrogen) atoms. The second-order valence-electron chi connectivity index (χ2n) is 11.6. The number of nitrogens with one attached hydrogen (secondary N) is 1. The number of nitrogen functional groups attached to an aromatic ring is 1. The number of carboxylic acid groups (broad SMARTS) is 1. The SMILES string of the molecule is CC1(C)[C@H](NC(=O)/C(=N\O[C@@H](COc2ccc(-c3cn4[n+](c3)CC(OCCCN)C4)cc2)C(=O)O)c2csc(N)n2)C(=O)N1OS(=O)(=O)O. The minimum absolute atomic E-state index is 0.0601. The second kappa shape index (κ2) is 14.4. The number of fused-ring (bicyclic) bond motifs is 1. The molecule has 2 aromatic heterocycles. The molecule has 0 bridgehead atoms. The van der Waals surface area contributed by atoms with Crippen molar-refractivity contribution in [2.45, 2.75) is 57.1 Å². The van der Waals surface area contributed by atoms with Crippen LogP contribution in [0.1, 0.15) is 26.0 Å². The van der Waals surface area contributed by atoms with Gasteiger partial charge in [0.05, 0.1) is 17.3 Å². The van der Waals surface area contributed by atoms with Gasteiger partial charge in [0.25, 0.3) is 17.9 Å². The maximum absolute atomic E-state index is 13.2. The predicted molar refractivity (Wildman–Crippen MR) is 170 cm³/mol. The number of carbonyl (C=O) groups excluding carboxylic acids is 2. The van der Waals surface area contributed by atoms with Gasteiger partial charge in [0.1, 0.15) is 36.7 Å². The van der Waals surface area contributed by atoms with Gasteiger partial charge in [-0.05, 0) is 44.5 Å². The lowest BCUT2D eigenvalue weighted by molar-refractivity contribution is -0.760. The summed E-state index contributed by atoms with van der Waals surface area (Å²) in [4.78, 5) is 47.0. The molecule has 2 aliphatic heterocycles. The molecule has 19 nitrogen and oxygen atoms in total. The van der Waals surface area contributed by atoms with Crippen molar-refractivity contribution in [2.24, 2.45) is 10.9 Å². The average Bonchev–Trinajstić information content (AvgIpc) is 3.75. The highest BCUT2D eigenvalue weighted by Gasteiger charge is 2.58. The number of thiazole rings is 1. The Morgan fingerprint density at radius 1 is 1.27 bits per heavy atom. The first kappa shape index (κ1) is 35.6. The third-order valence-electron chi connectivity index (χ3n) is 7.63. The topological polar surface area (TPSA) is 264 Å². The number of aliphatic carboxylic acids is 1. The van der Waals surface area contributed by atoms with Gasteiger partial charge in [-0.15, -0.1) is 20.3 Å². The molecule has 264 valence electrons. The van der Waals surface area contributed by atoms with Crippen molar-refractivity contribution in [1.29, 1.82) is 0 Å². The summed E-state index contributed by atoms with van der Waals surface area (Å²) in [6, 6.07) is 5.67. The molecule has 0 unspecified atom stereocenters. The first-order valence-electron chi connectivity index (χ1n) is 14.8. The van der Waals surface area contributed by atoms with E-state index in [1.807, 2.05) is 24.5 Å². The van der Waals surface area contributed by atoms with Crippen LogP contribution in [0.3, 0.4) is 0 Å². The fraction of sp³-hybridized carbons (Fsp3) is 0.429. The Morgan fingerprint density at radius 3 is 2.59 bits per heavy atom. The monoisotopic (exact) mass is 723 g/mol. The fourth-order valence-corrected chi connectivity index (χ4v) is 6.08. The second-order valence-corrected chi connectivity index (χ2v) is 13.5. The summed E-state index contributed by atoms with van der Waals surface area (Å²) in [5.74, 6) is -3.11. The zero-order chi connectivity index (χ0) is 35.5. The Kier molecular flexibility index (Phi) is 10.5. The summed E-state index contributed by atoms with van der Waals surface area (Å²) in [7, 11) is -5.02. The number of aromatic nitrogens is 3. The number of nitrogens with zero attached hydrogens (tertiary/aromatic N) is 5. The van der Waals surface area contributed by atoms with Crippen molar-refractivity contribution >= 4 is 50.4 Å². The van der Waals surface area contributed by atoms with Gasteiger partial charge >= 0.3 is 16.4 Å². The lowest BCUT2D eigenvalue weighted by atomic mass is 9.84. The van der Waals surface area contributed by atoms with E-state index < -0.39 is 58.2 Å². The predicted octanol–water partition coefficient (Wildman–Crippen LogP) is -0.678. The lowest BCUT2D eigenvalue weighted by Gasteiger charge is -2.50. The minimum atomic E-state index is -5.02. The van der Waals surface area contributed by atoms with E-state index in [4.69, 9.17) is 30.3 Å². The first-order chi connectivity index (χ1) is 23.2. The summed E-state index contributed by atoms with van der Waals surface area (Å²) in [6.45, 7) is 4.90. The molecule has 1 saturated heterocycles. The van der Waals surface area contributed by atoms with Crippen LogP contribution in [0.2, 0.25) is 0 Å². The van der Waals surface area contributed by atoms with Gasteiger partial charge in [-0.2, -0.15) is 18.2 Å². The number of hydrogen-bond acceptors (Lipinski definition) is 14. The molecule has 7 N–H and O–H groups in total. The molecule has 21 heteroatoms. The van der Waals surface area contributed by atoms with Crippen molar-refractivity contribution in [3.63, 3.8) is 0 Å². The first-order valence-corrected chi connectivity index (χ1v) is 17.1.